The van der Waals surface area contributed by atoms with Crippen LogP contribution in [0.1, 0.15) is 40.0 Å². The molecular weight excluding hydrogens is 517 g/mol. The second-order valence-corrected chi connectivity index (χ2v) is 7.93. The van der Waals surface area contributed by atoms with Crippen molar-refractivity contribution in [2.45, 2.75) is 25.3 Å². The molecule has 0 saturated carbocycles. The van der Waals surface area contributed by atoms with E-state index in [0.29, 0.717) is 23.7 Å². The van der Waals surface area contributed by atoms with Gasteiger partial charge in [0, 0.05) is 45.0 Å². The van der Waals surface area contributed by atoms with E-state index >= 15 is 0 Å². The minimum atomic E-state index is -0.185. The molecule has 1 unspecified atom stereocenters. The number of imide groups is 1. The third kappa shape index (κ3) is 5.40. The normalized spacial score (nSPS) is 17.9. The number of carbonyl (C=O) groups is 2. The van der Waals surface area contributed by atoms with Gasteiger partial charge >= 0.3 is 0 Å². The van der Waals surface area contributed by atoms with Crippen molar-refractivity contribution in [3.8, 4) is 0 Å². The third-order valence-corrected chi connectivity index (χ3v) is 5.85. The van der Waals surface area contributed by atoms with Crippen LogP contribution in [0.15, 0.2) is 59.6 Å². The van der Waals surface area contributed by atoms with Gasteiger partial charge in [-0.1, -0.05) is 30.3 Å². The fourth-order valence-corrected chi connectivity index (χ4v) is 4.18. The molecule has 0 aromatic heterocycles. The first-order valence-electron chi connectivity index (χ1n) is 10.9. The molecule has 170 valence electrons. The van der Waals surface area contributed by atoms with Gasteiger partial charge in [0.1, 0.15) is 0 Å². The summed E-state index contributed by atoms with van der Waals surface area (Å²) in [6.07, 6.45) is 2.66. The maximum Gasteiger partial charge on any atom is 0.261 e. The zero-order valence-corrected chi connectivity index (χ0v) is 20.6. The second-order valence-electron chi connectivity index (χ2n) is 7.93. The van der Waals surface area contributed by atoms with Gasteiger partial charge in [-0.2, -0.15) is 0 Å². The number of para-hydroxylation sites is 1. The Hall–Kier alpha value is -2.62. The molecule has 32 heavy (non-hydrogen) atoms. The standard InChI is InChI=1S/C24H29N5O2.HI/c1-25-24(27-18-13-16-28(17-18)19-9-3-2-4-10-19)26-14-7-8-15-29-22(30)20-11-5-6-12-21(20)23(29)31;/h2-6,9-12,18H,7-8,13-17H2,1H3,(H2,25,26,27);1H. The molecule has 2 aromatic carbocycles. The molecule has 2 aliphatic rings. The van der Waals surface area contributed by atoms with E-state index in [0.717, 1.165) is 44.9 Å². The van der Waals surface area contributed by atoms with Crippen molar-refractivity contribution in [1.82, 2.24) is 15.5 Å². The number of hydrogen-bond donors (Lipinski definition) is 2. The van der Waals surface area contributed by atoms with Crippen LogP contribution in [0.25, 0.3) is 0 Å². The van der Waals surface area contributed by atoms with Gasteiger partial charge in [0.05, 0.1) is 11.1 Å². The molecule has 2 heterocycles. The first-order chi connectivity index (χ1) is 15.2. The van der Waals surface area contributed by atoms with Crippen LogP contribution in [0.4, 0.5) is 5.69 Å². The Balaban J connectivity index is 0.00000289. The summed E-state index contributed by atoms with van der Waals surface area (Å²) < 4.78 is 0. The van der Waals surface area contributed by atoms with Crippen molar-refractivity contribution in [2.75, 3.05) is 38.1 Å². The van der Waals surface area contributed by atoms with Crippen LogP contribution < -0.4 is 15.5 Å². The monoisotopic (exact) mass is 547 g/mol. The number of anilines is 1. The number of unbranched alkanes of at least 4 members (excludes halogenated alkanes) is 1. The highest BCUT2D eigenvalue weighted by atomic mass is 127. The van der Waals surface area contributed by atoms with Crippen LogP contribution in [-0.2, 0) is 0 Å². The van der Waals surface area contributed by atoms with Crippen LogP contribution in [-0.4, -0.2) is 61.9 Å². The number of fused-ring (bicyclic) bond motifs is 1. The zero-order chi connectivity index (χ0) is 21.6. The smallest absolute Gasteiger partial charge is 0.261 e. The first-order valence-corrected chi connectivity index (χ1v) is 10.9. The molecule has 0 spiro atoms. The highest BCUT2D eigenvalue weighted by molar-refractivity contribution is 14.0. The van der Waals surface area contributed by atoms with Crippen LogP contribution in [0.3, 0.4) is 0 Å². The Labute approximate surface area is 206 Å². The van der Waals surface area contributed by atoms with Crippen molar-refractivity contribution < 1.29 is 9.59 Å². The maximum absolute atomic E-state index is 12.4. The highest BCUT2D eigenvalue weighted by Gasteiger charge is 2.34. The lowest BCUT2D eigenvalue weighted by molar-refractivity contribution is 0.0652. The lowest BCUT2D eigenvalue weighted by Crippen LogP contribution is -2.45. The second kappa shape index (κ2) is 11.3. The Morgan fingerprint density at radius 3 is 2.31 bits per heavy atom. The number of hydrogen-bond acceptors (Lipinski definition) is 4. The molecule has 2 N–H and O–H groups in total. The maximum atomic E-state index is 12.4. The predicted octanol–water partition coefficient (Wildman–Crippen LogP) is 3.12. The number of nitrogens with zero attached hydrogens (tertiary/aromatic N) is 3. The number of nitrogens with one attached hydrogen (secondary N) is 2. The van der Waals surface area contributed by atoms with Crippen molar-refractivity contribution in [2.24, 2.45) is 4.99 Å². The number of aliphatic imine (C=N–C) groups is 1. The van der Waals surface area contributed by atoms with Gasteiger partial charge in [-0.25, -0.2) is 0 Å². The predicted molar refractivity (Wildman–Crippen MR) is 138 cm³/mol. The molecule has 0 aliphatic carbocycles. The summed E-state index contributed by atoms with van der Waals surface area (Å²) in [6, 6.07) is 17.8. The van der Waals surface area contributed by atoms with Crippen molar-refractivity contribution in [3.05, 3.63) is 65.7 Å². The SMILES string of the molecule is CN=C(NCCCCN1C(=O)c2ccccc2C1=O)NC1CCN(c2ccccc2)C1.I. The van der Waals surface area contributed by atoms with E-state index in [-0.39, 0.29) is 35.8 Å². The van der Waals surface area contributed by atoms with Crippen LogP contribution in [0, 0.1) is 0 Å². The zero-order valence-electron chi connectivity index (χ0n) is 18.3. The summed E-state index contributed by atoms with van der Waals surface area (Å²) in [5, 5.41) is 6.85. The average Bonchev–Trinajstić information content (AvgIpc) is 3.37. The number of benzene rings is 2. The molecule has 4 rings (SSSR count). The molecule has 1 saturated heterocycles. The molecule has 7 nitrogen and oxygen atoms in total. The lowest BCUT2D eigenvalue weighted by atomic mass is 10.1. The largest absolute Gasteiger partial charge is 0.369 e. The van der Waals surface area contributed by atoms with Gasteiger partial charge in [0.2, 0.25) is 0 Å². The highest BCUT2D eigenvalue weighted by Crippen LogP contribution is 2.22. The van der Waals surface area contributed by atoms with Crippen molar-refractivity contribution in [3.63, 3.8) is 0 Å². The number of guanidine groups is 1. The molecule has 0 radical (unpaired) electrons. The van der Waals surface area contributed by atoms with Crippen LogP contribution in [0.2, 0.25) is 0 Å². The van der Waals surface area contributed by atoms with Gasteiger partial charge in [-0.15, -0.1) is 24.0 Å². The topological polar surface area (TPSA) is 77.0 Å². The number of amides is 2. The summed E-state index contributed by atoms with van der Waals surface area (Å²) in [6.45, 7) is 3.15. The first kappa shape index (κ1) is 24.0. The quantitative estimate of drug-likeness (QED) is 0.183. The molecule has 1 fully saturated rings. The summed E-state index contributed by atoms with van der Waals surface area (Å²) in [7, 11) is 1.78. The minimum absolute atomic E-state index is 0. The van der Waals surface area contributed by atoms with E-state index < -0.39 is 0 Å². The number of carbonyl (C=O) groups excluding carboxylic acids is 2. The van der Waals surface area contributed by atoms with Crippen molar-refractivity contribution in [1.29, 1.82) is 0 Å². The fourth-order valence-electron chi connectivity index (χ4n) is 4.18. The minimum Gasteiger partial charge on any atom is -0.369 e. The van der Waals surface area contributed by atoms with Crippen molar-refractivity contribution >= 4 is 47.4 Å². The Morgan fingerprint density at radius 1 is 1.00 bits per heavy atom. The van der Waals surface area contributed by atoms with E-state index in [9.17, 15) is 9.59 Å². The van der Waals surface area contributed by atoms with Gasteiger partial charge < -0.3 is 15.5 Å². The Bertz CT molecular complexity index is 931. The molecule has 2 aromatic rings. The van der Waals surface area contributed by atoms with Crippen LogP contribution in [0.5, 0.6) is 0 Å². The third-order valence-electron chi connectivity index (χ3n) is 5.85. The molecule has 8 heteroatoms. The molecule has 2 amide bonds. The van der Waals surface area contributed by atoms with E-state index in [1.807, 2.05) is 6.07 Å². The summed E-state index contributed by atoms with van der Waals surface area (Å²) in [5.74, 6) is 0.422. The molecular formula is C24H30IN5O2. The van der Waals surface area contributed by atoms with Crippen LogP contribution >= 0.6 is 24.0 Å². The fraction of sp³-hybridized carbons (Fsp3) is 0.375. The van der Waals surface area contributed by atoms with E-state index in [1.54, 1.807) is 31.3 Å². The Kier molecular flexibility index (Phi) is 8.49. The lowest BCUT2D eigenvalue weighted by Gasteiger charge is -2.20. The molecule has 1 atom stereocenters. The van der Waals surface area contributed by atoms with E-state index in [4.69, 9.17) is 0 Å². The summed E-state index contributed by atoms with van der Waals surface area (Å²) >= 11 is 0. The number of rotatable bonds is 7. The van der Waals surface area contributed by atoms with Gasteiger partial charge in [-0.3, -0.25) is 19.5 Å². The summed E-state index contributed by atoms with van der Waals surface area (Å²) in [5.41, 5.74) is 2.27. The average molecular weight is 547 g/mol. The van der Waals surface area contributed by atoms with Gasteiger partial charge in [0.15, 0.2) is 5.96 Å². The van der Waals surface area contributed by atoms with Gasteiger partial charge in [0.25, 0.3) is 11.8 Å². The van der Waals surface area contributed by atoms with E-state index in [2.05, 4.69) is 44.8 Å². The molecule has 0 bridgehead atoms. The van der Waals surface area contributed by atoms with Gasteiger partial charge in [-0.05, 0) is 43.5 Å². The Morgan fingerprint density at radius 2 is 1.66 bits per heavy atom. The van der Waals surface area contributed by atoms with E-state index in [1.165, 1.54) is 10.6 Å². The molecule has 2 aliphatic heterocycles. The summed E-state index contributed by atoms with van der Waals surface area (Å²) in [4.78, 5) is 32.9. The number of halogens is 1.